The van der Waals surface area contributed by atoms with Crippen molar-refractivity contribution < 1.29 is 4.79 Å². The van der Waals surface area contributed by atoms with E-state index in [1.54, 1.807) is 18.2 Å². The Morgan fingerprint density at radius 2 is 1.61 bits per heavy atom. The maximum atomic E-state index is 12.5. The van der Waals surface area contributed by atoms with Gasteiger partial charge in [0, 0.05) is 47.9 Å². The molecule has 1 aliphatic rings. The molecule has 1 aliphatic carbocycles. The fourth-order valence-corrected chi connectivity index (χ4v) is 3.93. The van der Waals surface area contributed by atoms with E-state index in [9.17, 15) is 4.79 Å². The van der Waals surface area contributed by atoms with Crippen LogP contribution >= 0.6 is 23.2 Å². The van der Waals surface area contributed by atoms with Crippen LogP contribution in [-0.2, 0) is 0 Å². The summed E-state index contributed by atoms with van der Waals surface area (Å²) in [6.07, 6.45) is 3.73. The van der Waals surface area contributed by atoms with Crippen LogP contribution in [0.5, 0.6) is 0 Å². The predicted molar refractivity (Wildman–Crippen MR) is 115 cm³/mol. The highest BCUT2D eigenvalue weighted by Crippen LogP contribution is 2.24. The highest BCUT2D eigenvalue weighted by atomic mass is 35.5. The van der Waals surface area contributed by atoms with Crippen LogP contribution in [0.1, 0.15) is 41.9 Å². The molecule has 150 valence electrons. The molecular weight excluding hydrogens is 397 g/mol. The topological polar surface area (TPSA) is 70.2 Å². The normalized spacial score (nSPS) is 19.2. The number of carbonyl (C=O) groups is 1. The number of rotatable bonds is 5. The summed E-state index contributed by atoms with van der Waals surface area (Å²) < 4.78 is 0. The lowest BCUT2D eigenvalue weighted by molar-refractivity contribution is 0.0926. The minimum atomic E-state index is -0.136. The maximum absolute atomic E-state index is 12.5. The first-order chi connectivity index (χ1) is 13.3. The van der Waals surface area contributed by atoms with Crippen LogP contribution < -0.4 is 15.5 Å². The summed E-state index contributed by atoms with van der Waals surface area (Å²) in [5, 5.41) is 7.52. The smallest absolute Gasteiger partial charge is 0.251 e. The van der Waals surface area contributed by atoms with Crippen LogP contribution in [0.15, 0.2) is 24.3 Å². The van der Waals surface area contributed by atoms with Crippen molar-refractivity contribution in [2.75, 3.05) is 24.3 Å². The van der Waals surface area contributed by atoms with Crippen molar-refractivity contribution in [3.8, 4) is 0 Å². The fourth-order valence-electron chi connectivity index (χ4n) is 3.40. The quantitative estimate of drug-likeness (QED) is 0.752. The molecule has 0 spiro atoms. The lowest BCUT2D eigenvalue weighted by Crippen LogP contribution is -2.40. The van der Waals surface area contributed by atoms with E-state index in [1.165, 1.54) is 0 Å². The van der Waals surface area contributed by atoms with Gasteiger partial charge in [-0.3, -0.25) is 4.79 Å². The van der Waals surface area contributed by atoms with Crippen LogP contribution in [0.25, 0.3) is 0 Å². The number of aromatic nitrogens is 2. The zero-order chi connectivity index (χ0) is 20.3. The first kappa shape index (κ1) is 20.7. The molecule has 0 radical (unpaired) electrons. The maximum Gasteiger partial charge on any atom is 0.251 e. The summed E-state index contributed by atoms with van der Waals surface area (Å²) in [6.45, 7) is 1.90. The summed E-state index contributed by atoms with van der Waals surface area (Å²) >= 11 is 12.0. The molecule has 8 heteroatoms. The minimum Gasteiger partial charge on any atom is -0.367 e. The van der Waals surface area contributed by atoms with Crippen LogP contribution in [0.4, 0.5) is 11.6 Å². The third-order valence-electron chi connectivity index (χ3n) is 4.82. The van der Waals surface area contributed by atoms with E-state index in [4.69, 9.17) is 23.2 Å². The molecule has 1 saturated carbocycles. The van der Waals surface area contributed by atoms with Gasteiger partial charge in [0.1, 0.15) is 17.5 Å². The van der Waals surface area contributed by atoms with Gasteiger partial charge in [0.15, 0.2) is 0 Å². The number of benzene rings is 1. The van der Waals surface area contributed by atoms with Crippen LogP contribution in [-0.4, -0.2) is 42.1 Å². The molecular formula is C20H25Cl2N5O. The summed E-state index contributed by atoms with van der Waals surface area (Å²) in [5.41, 5.74) is 0.491. The van der Waals surface area contributed by atoms with Crippen molar-refractivity contribution in [3.05, 3.63) is 45.7 Å². The standard InChI is InChI=1S/C20H25Cl2N5O/c1-12-23-18(11-19(24-12)27(2)3)25-16-4-6-17(7-5-16)26-20(28)13-8-14(21)10-15(22)9-13/h8-11,16-17H,4-7H2,1-3H3,(H,26,28)(H,23,24,25). The minimum absolute atomic E-state index is 0.136. The van der Waals surface area contributed by atoms with Crippen LogP contribution in [0.3, 0.4) is 0 Å². The Morgan fingerprint density at radius 1 is 1.00 bits per heavy atom. The first-order valence-electron chi connectivity index (χ1n) is 9.36. The Kier molecular flexibility index (Phi) is 6.62. The number of nitrogens with zero attached hydrogens (tertiary/aromatic N) is 3. The Balaban J connectivity index is 1.54. The number of hydrogen-bond acceptors (Lipinski definition) is 5. The van der Waals surface area contributed by atoms with E-state index in [1.807, 2.05) is 32.0 Å². The number of anilines is 2. The summed E-state index contributed by atoms with van der Waals surface area (Å²) in [5.74, 6) is 2.34. The molecule has 1 amide bonds. The molecule has 1 fully saturated rings. The second-order valence-corrected chi connectivity index (χ2v) is 8.25. The molecule has 1 aromatic heterocycles. The molecule has 2 aromatic rings. The van der Waals surface area contributed by atoms with E-state index < -0.39 is 0 Å². The molecule has 6 nitrogen and oxygen atoms in total. The van der Waals surface area contributed by atoms with Gasteiger partial charge in [-0.15, -0.1) is 0 Å². The molecule has 28 heavy (non-hydrogen) atoms. The number of amides is 1. The van der Waals surface area contributed by atoms with Crippen molar-refractivity contribution >= 4 is 40.7 Å². The SMILES string of the molecule is Cc1nc(NC2CCC(NC(=O)c3cc(Cl)cc(Cl)c3)CC2)cc(N(C)C)n1. The highest BCUT2D eigenvalue weighted by Gasteiger charge is 2.23. The lowest BCUT2D eigenvalue weighted by Gasteiger charge is -2.30. The van der Waals surface area contributed by atoms with E-state index in [2.05, 4.69) is 20.6 Å². The molecule has 3 rings (SSSR count). The molecule has 0 bridgehead atoms. The summed E-state index contributed by atoms with van der Waals surface area (Å²) in [4.78, 5) is 23.3. The average molecular weight is 422 g/mol. The van der Waals surface area contributed by atoms with Gasteiger partial charge in [0.05, 0.1) is 0 Å². The lowest BCUT2D eigenvalue weighted by atomic mass is 9.91. The van der Waals surface area contributed by atoms with E-state index in [0.717, 1.165) is 43.1 Å². The van der Waals surface area contributed by atoms with Gasteiger partial charge in [-0.1, -0.05) is 23.2 Å². The second kappa shape index (κ2) is 8.97. The fraction of sp³-hybridized carbons (Fsp3) is 0.450. The van der Waals surface area contributed by atoms with E-state index in [0.29, 0.717) is 21.7 Å². The second-order valence-electron chi connectivity index (χ2n) is 7.38. The highest BCUT2D eigenvalue weighted by molar-refractivity contribution is 6.35. The molecule has 0 atom stereocenters. The van der Waals surface area contributed by atoms with Gasteiger partial charge in [0.2, 0.25) is 0 Å². The number of aryl methyl sites for hydroxylation is 1. The number of carbonyl (C=O) groups excluding carboxylic acids is 1. The zero-order valence-electron chi connectivity index (χ0n) is 16.3. The van der Waals surface area contributed by atoms with Gasteiger partial charge in [-0.05, 0) is 50.8 Å². The van der Waals surface area contributed by atoms with Gasteiger partial charge >= 0.3 is 0 Å². The largest absolute Gasteiger partial charge is 0.367 e. The van der Waals surface area contributed by atoms with Crippen molar-refractivity contribution in [1.29, 1.82) is 0 Å². The van der Waals surface area contributed by atoms with Crippen LogP contribution in [0, 0.1) is 6.92 Å². The Labute approximate surface area is 175 Å². The first-order valence-corrected chi connectivity index (χ1v) is 10.1. The van der Waals surface area contributed by atoms with Crippen LogP contribution in [0.2, 0.25) is 10.0 Å². The zero-order valence-corrected chi connectivity index (χ0v) is 17.8. The van der Waals surface area contributed by atoms with Gasteiger partial charge < -0.3 is 15.5 Å². The number of halogens is 2. The van der Waals surface area contributed by atoms with E-state index in [-0.39, 0.29) is 11.9 Å². The Morgan fingerprint density at radius 3 is 2.21 bits per heavy atom. The molecule has 2 N–H and O–H groups in total. The molecule has 0 unspecified atom stereocenters. The summed E-state index contributed by atoms with van der Waals surface area (Å²) in [7, 11) is 3.93. The van der Waals surface area contributed by atoms with Crippen molar-refractivity contribution in [2.45, 2.75) is 44.7 Å². The van der Waals surface area contributed by atoms with Gasteiger partial charge in [-0.2, -0.15) is 0 Å². The monoisotopic (exact) mass is 421 g/mol. The predicted octanol–water partition coefficient (Wildman–Crippen LogP) is 4.31. The molecule has 1 heterocycles. The molecule has 1 aromatic carbocycles. The average Bonchev–Trinajstić information content (AvgIpc) is 2.62. The third kappa shape index (κ3) is 5.49. The number of hydrogen-bond donors (Lipinski definition) is 2. The Hall–Kier alpha value is -2.05. The van der Waals surface area contributed by atoms with Gasteiger partial charge in [0.25, 0.3) is 5.91 Å². The van der Waals surface area contributed by atoms with Crippen molar-refractivity contribution in [1.82, 2.24) is 15.3 Å². The number of nitrogens with one attached hydrogen (secondary N) is 2. The van der Waals surface area contributed by atoms with Crippen molar-refractivity contribution in [3.63, 3.8) is 0 Å². The molecule has 0 aliphatic heterocycles. The molecule has 0 saturated heterocycles. The third-order valence-corrected chi connectivity index (χ3v) is 5.26. The van der Waals surface area contributed by atoms with E-state index >= 15 is 0 Å². The Bertz CT molecular complexity index is 830. The van der Waals surface area contributed by atoms with Gasteiger partial charge in [-0.25, -0.2) is 9.97 Å². The summed E-state index contributed by atoms with van der Waals surface area (Å²) in [6, 6.07) is 7.33. The van der Waals surface area contributed by atoms with Crippen molar-refractivity contribution in [2.24, 2.45) is 0 Å².